The van der Waals surface area contributed by atoms with Gasteiger partial charge in [0.25, 0.3) is 0 Å². The van der Waals surface area contributed by atoms with Crippen LogP contribution in [0.4, 0.5) is 0 Å². The lowest BCUT2D eigenvalue weighted by Gasteiger charge is -2.16. The maximum Gasteiger partial charge on any atom is 0.0738 e. The molecular formula is C15H19BrIN3. The average Bonchev–Trinajstić information content (AvgIpc) is 2.69. The van der Waals surface area contributed by atoms with E-state index in [0.717, 1.165) is 23.1 Å². The van der Waals surface area contributed by atoms with Crippen LogP contribution in [0.25, 0.3) is 0 Å². The molecular weight excluding hydrogens is 429 g/mol. The fourth-order valence-electron chi connectivity index (χ4n) is 2.34. The molecule has 0 spiro atoms. The third kappa shape index (κ3) is 3.09. The zero-order valence-electron chi connectivity index (χ0n) is 12.0. The Labute approximate surface area is 142 Å². The molecule has 3 nitrogen and oxygen atoms in total. The average molecular weight is 448 g/mol. The van der Waals surface area contributed by atoms with Gasteiger partial charge in [-0.15, -0.1) is 0 Å². The number of aryl methyl sites for hydroxylation is 3. The van der Waals surface area contributed by atoms with Gasteiger partial charge in [-0.3, -0.25) is 4.68 Å². The Bertz CT molecular complexity index is 622. The number of nitrogens with two attached hydrogens (primary N) is 1. The number of benzene rings is 1. The van der Waals surface area contributed by atoms with Gasteiger partial charge >= 0.3 is 0 Å². The highest BCUT2D eigenvalue weighted by molar-refractivity contribution is 14.1. The molecule has 0 saturated heterocycles. The fraction of sp³-hybridized carbons (Fsp3) is 0.400. The van der Waals surface area contributed by atoms with Crippen LogP contribution in [0.1, 0.15) is 35.5 Å². The van der Waals surface area contributed by atoms with Gasteiger partial charge in [0.1, 0.15) is 0 Å². The van der Waals surface area contributed by atoms with E-state index in [9.17, 15) is 0 Å². The third-order valence-electron chi connectivity index (χ3n) is 3.49. The van der Waals surface area contributed by atoms with Gasteiger partial charge in [-0.2, -0.15) is 5.10 Å². The first-order valence-electron chi connectivity index (χ1n) is 6.68. The van der Waals surface area contributed by atoms with Crippen LogP contribution < -0.4 is 5.73 Å². The lowest BCUT2D eigenvalue weighted by Crippen LogP contribution is -2.18. The van der Waals surface area contributed by atoms with Crippen molar-refractivity contribution in [3.05, 3.63) is 48.8 Å². The van der Waals surface area contributed by atoms with Crippen molar-refractivity contribution in [2.75, 3.05) is 0 Å². The normalized spacial score (nSPS) is 12.7. The Morgan fingerprint density at radius 3 is 2.75 bits per heavy atom. The van der Waals surface area contributed by atoms with Gasteiger partial charge in [0, 0.05) is 22.6 Å². The summed E-state index contributed by atoms with van der Waals surface area (Å²) in [4.78, 5) is 0. The summed E-state index contributed by atoms with van der Waals surface area (Å²) in [6, 6.07) is 6.30. The molecule has 0 saturated carbocycles. The van der Waals surface area contributed by atoms with Gasteiger partial charge in [0.05, 0.1) is 15.9 Å². The van der Waals surface area contributed by atoms with Crippen LogP contribution in [-0.2, 0) is 13.0 Å². The van der Waals surface area contributed by atoms with Crippen LogP contribution in [0.5, 0.6) is 0 Å². The summed E-state index contributed by atoms with van der Waals surface area (Å²) in [5.74, 6) is 0. The summed E-state index contributed by atoms with van der Waals surface area (Å²) in [7, 11) is 0. The van der Waals surface area contributed by atoms with Crippen molar-refractivity contribution in [2.24, 2.45) is 5.73 Å². The number of hydrogen-bond donors (Lipinski definition) is 1. The number of aromatic nitrogens is 2. The predicted octanol–water partition coefficient (Wildman–Crippen LogP) is 4.13. The zero-order valence-corrected chi connectivity index (χ0v) is 15.7. The number of nitrogens with zero attached hydrogens (tertiary/aromatic N) is 2. The standard InChI is InChI=1S/C15H19BrIN3/c1-4-20-13(14(16)10(3)19-20)8-12(18)11-7-5-6-9(2)15(11)17/h5-7,12H,4,8,18H2,1-3H3. The lowest BCUT2D eigenvalue weighted by molar-refractivity contribution is 0.585. The Morgan fingerprint density at radius 2 is 2.10 bits per heavy atom. The molecule has 1 aromatic heterocycles. The summed E-state index contributed by atoms with van der Waals surface area (Å²) in [6.45, 7) is 7.10. The van der Waals surface area contributed by atoms with Crippen molar-refractivity contribution in [3.63, 3.8) is 0 Å². The van der Waals surface area contributed by atoms with E-state index in [2.05, 4.69) is 75.7 Å². The molecule has 1 aromatic carbocycles. The Hall–Kier alpha value is -0.400. The molecule has 108 valence electrons. The SMILES string of the molecule is CCn1nc(C)c(Br)c1CC(N)c1cccc(C)c1I. The van der Waals surface area contributed by atoms with Crippen molar-refractivity contribution in [1.82, 2.24) is 9.78 Å². The van der Waals surface area contributed by atoms with E-state index in [1.165, 1.54) is 20.4 Å². The first kappa shape index (κ1) is 16.0. The van der Waals surface area contributed by atoms with E-state index in [4.69, 9.17) is 5.73 Å². The van der Waals surface area contributed by atoms with Crippen LogP contribution in [0.3, 0.4) is 0 Å². The molecule has 0 amide bonds. The number of rotatable bonds is 4. The van der Waals surface area contributed by atoms with Crippen molar-refractivity contribution < 1.29 is 0 Å². The smallest absolute Gasteiger partial charge is 0.0738 e. The van der Waals surface area contributed by atoms with Gasteiger partial charge in [-0.05, 0) is 70.4 Å². The molecule has 1 atom stereocenters. The highest BCUT2D eigenvalue weighted by Gasteiger charge is 2.18. The Morgan fingerprint density at radius 1 is 1.40 bits per heavy atom. The van der Waals surface area contributed by atoms with Crippen molar-refractivity contribution in [3.8, 4) is 0 Å². The molecule has 2 N–H and O–H groups in total. The molecule has 0 aliphatic heterocycles. The molecule has 0 fully saturated rings. The second-order valence-corrected chi connectivity index (χ2v) is 6.82. The molecule has 0 aliphatic rings. The van der Waals surface area contributed by atoms with Crippen LogP contribution >= 0.6 is 38.5 Å². The minimum absolute atomic E-state index is 0.0144. The van der Waals surface area contributed by atoms with Crippen LogP contribution in [0.2, 0.25) is 0 Å². The summed E-state index contributed by atoms with van der Waals surface area (Å²) in [5.41, 5.74) is 11.1. The van der Waals surface area contributed by atoms with Crippen molar-refractivity contribution in [1.29, 1.82) is 0 Å². The summed E-state index contributed by atoms with van der Waals surface area (Å²) < 4.78 is 4.37. The van der Waals surface area contributed by atoms with Crippen molar-refractivity contribution >= 4 is 38.5 Å². The second-order valence-electron chi connectivity index (χ2n) is 4.95. The van der Waals surface area contributed by atoms with Gasteiger partial charge in [0.15, 0.2) is 0 Å². The highest BCUT2D eigenvalue weighted by atomic mass is 127. The first-order valence-corrected chi connectivity index (χ1v) is 8.55. The maximum absolute atomic E-state index is 6.43. The first-order chi connectivity index (χ1) is 9.45. The monoisotopic (exact) mass is 447 g/mol. The minimum Gasteiger partial charge on any atom is -0.324 e. The van der Waals surface area contributed by atoms with Crippen LogP contribution in [-0.4, -0.2) is 9.78 Å². The van der Waals surface area contributed by atoms with Crippen LogP contribution in [0, 0.1) is 17.4 Å². The lowest BCUT2D eigenvalue weighted by atomic mass is 10.0. The van der Waals surface area contributed by atoms with E-state index < -0.39 is 0 Å². The quantitative estimate of drug-likeness (QED) is 0.716. The van der Waals surface area contributed by atoms with Crippen LogP contribution in [0.15, 0.2) is 22.7 Å². The molecule has 1 unspecified atom stereocenters. The van der Waals surface area contributed by atoms with E-state index in [0.29, 0.717) is 0 Å². The minimum atomic E-state index is -0.0144. The maximum atomic E-state index is 6.43. The topological polar surface area (TPSA) is 43.8 Å². The predicted molar refractivity (Wildman–Crippen MR) is 94.9 cm³/mol. The molecule has 2 aromatic rings. The molecule has 0 bridgehead atoms. The van der Waals surface area contributed by atoms with Crippen molar-refractivity contribution in [2.45, 2.75) is 39.8 Å². The van der Waals surface area contributed by atoms with Gasteiger partial charge in [-0.25, -0.2) is 0 Å². The molecule has 1 heterocycles. The molecule has 0 radical (unpaired) electrons. The molecule has 2 rings (SSSR count). The third-order valence-corrected chi connectivity index (χ3v) is 5.99. The Kier molecular flexibility index (Phi) is 5.25. The van der Waals surface area contributed by atoms with Gasteiger partial charge in [0.2, 0.25) is 0 Å². The summed E-state index contributed by atoms with van der Waals surface area (Å²) in [5, 5.41) is 4.53. The fourth-order valence-corrected chi connectivity index (χ4v) is 3.54. The molecule has 5 heteroatoms. The van der Waals surface area contributed by atoms with E-state index in [1.54, 1.807) is 0 Å². The van der Waals surface area contributed by atoms with Gasteiger partial charge < -0.3 is 5.73 Å². The van der Waals surface area contributed by atoms with E-state index in [-0.39, 0.29) is 6.04 Å². The zero-order chi connectivity index (χ0) is 14.9. The van der Waals surface area contributed by atoms with E-state index in [1.807, 2.05) is 11.6 Å². The second kappa shape index (κ2) is 6.58. The summed E-state index contributed by atoms with van der Waals surface area (Å²) in [6.07, 6.45) is 0.786. The van der Waals surface area contributed by atoms with E-state index >= 15 is 0 Å². The van der Waals surface area contributed by atoms with Gasteiger partial charge in [-0.1, -0.05) is 18.2 Å². The number of hydrogen-bond acceptors (Lipinski definition) is 2. The molecule has 0 aliphatic carbocycles. The highest BCUT2D eigenvalue weighted by Crippen LogP contribution is 2.28. The largest absolute Gasteiger partial charge is 0.324 e. The molecule has 20 heavy (non-hydrogen) atoms. The summed E-state index contributed by atoms with van der Waals surface area (Å²) >= 11 is 6.02. The number of halogens is 2. The Balaban J connectivity index is 2.32.